The Morgan fingerprint density at radius 2 is 2.25 bits per heavy atom. The van der Waals surface area contributed by atoms with Gasteiger partial charge in [-0.3, -0.25) is 0 Å². The van der Waals surface area contributed by atoms with Crippen molar-refractivity contribution in [3.05, 3.63) is 0 Å². The van der Waals surface area contributed by atoms with Crippen LogP contribution in [0.4, 0.5) is 0 Å². The summed E-state index contributed by atoms with van der Waals surface area (Å²) >= 11 is 0. The minimum atomic E-state index is -0.634. The predicted molar refractivity (Wildman–Crippen MR) is 32.5 cm³/mol. The topological polar surface area (TPSA) is 70.0 Å². The molecule has 0 fully saturated rings. The summed E-state index contributed by atoms with van der Waals surface area (Å²) in [6.07, 6.45) is -0.499. The quantitative estimate of drug-likeness (QED) is 0.545. The normalized spacial score (nSPS) is 11.1. The van der Waals surface area contributed by atoms with Gasteiger partial charge in [0.2, 0.25) is 0 Å². The zero-order chi connectivity index (χ0) is 5.70. The summed E-state index contributed by atoms with van der Waals surface area (Å²) in [5, 5.41) is 16.4. The summed E-state index contributed by atoms with van der Waals surface area (Å²) in [4.78, 5) is 0. The van der Waals surface area contributed by atoms with Crippen molar-refractivity contribution in [2.75, 3.05) is 6.54 Å². The van der Waals surface area contributed by atoms with Crippen LogP contribution in [0.15, 0.2) is 0 Å². The van der Waals surface area contributed by atoms with Crippen LogP contribution in [0.25, 0.3) is 0 Å². The summed E-state index contributed by atoms with van der Waals surface area (Å²) in [6, 6.07) is 1.79. The lowest BCUT2D eigenvalue weighted by Crippen LogP contribution is -2.18. The van der Waals surface area contributed by atoms with Gasteiger partial charge in [0.25, 0.3) is 0 Å². The number of halogens is 1. The van der Waals surface area contributed by atoms with Gasteiger partial charge in [-0.2, -0.15) is 5.26 Å². The third-order valence-corrected chi connectivity index (χ3v) is 0.599. The fourth-order valence-electron chi connectivity index (χ4n) is 0.189. The van der Waals surface area contributed by atoms with Crippen molar-refractivity contribution in [2.45, 2.75) is 12.5 Å². The lowest BCUT2D eigenvalue weighted by atomic mass is 10.3. The zero-order valence-electron chi connectivity index (χ0n) is 4.37. The van der Waals surface area contributed by atoms with Gasteiger partial charge in [0.1, 0.15) is 0 Å². The number of rotatable bonds is 2. The van der Waals surface area contributed by atoms with E-state index in [4.69, 9.17) is 16.1 Å². The molecule has 0 saturated carbocycles. The van der Waals surface area contributed by atoms with Crippen LogP contribution in [-0.2, 0) is 0 Å². The second kappa shape index (κ2) is 6.70. The molecule has 8 heavy (non-hydrogen) atoms. The Kier molecular flexibility index (Phi) is 8.91. The van der Waals surface area contributed by atoms with E-state index in [0.717, 1.165) is 0 Å². The average Bonchev–Trinajstić information content (AvgIpc) is 1.68. The van der Waals surface area contributed by atoms with Gasteiger partial charge in [0.05, 0.1) is 18.6 Å². The zero-order valence-corrected chi connectivity index (χ0v) is 5.19. The van der Waals surface area contributed by atoms with E-state index in [1.165, 1.54) is 0 Å². The standard InChI is InChI=1S/C4H8N2O.ClH/c5-2-1-4(7)3-6;/h4,7H,1,3,6H2;1H. The molecule has 3 nitrogen and oxygen atoms in total. The lowest BCUT2D eigenvalue weighted by Gasteiger charge is -1.96. The molecule has 0 radical (unpaired) electrons. The van der Waals surface area contributed by atoms with E-state index in [0.29, 0.717) is 0 Å². The molecular weight excluding hydrogens is 128 g/mol. The van der Waals surface area contributed by atoms with Gasteiger partial charge in [0, 0.05) is 6.54 Å². The molecule has 1 atom stereocenters. The Bertz CT molecular complexity index is 80.6. The predicted octanol–water partition coefficient (Wildman–Crippen LogP) is -0.359. The molecule has 3 N–H and O–H groups in total. The maximum Gasteiger partial charge on any atom is 0.0792 e. The summed E-state index contributed by atoms with van der Waals surface area (Å²) in [6.45, 7) is 0.174. The molecule has 0 saturated heterocycles. The number of nitrogens with two attached hydrogens (primary N) is 1. The summed E-state index contributed by atoms with van der Waals surface area (Å²) in [7, 11) is 0. The maximum absolute atomic E-state index is 8.51. The number of aliphatic hydroxyl groups is 1. The van der Waals surface area contributed by atoms with Crippen molar-refractivity contribution in [3.8, 4) is 6.07 Å². The highest BCUT2D eigenvalue weighted by atomic mass is 35.5. The third kappa shape index (κ3) is 5.70. The van der Waals surface area contributed by atoms with Crippen LogP contribution < -0.4 is 5.73 Å². The van der Waals surface area contributed by atoms with Gasteiger partial charge in [0.15, 0.2) is 0 Å². The number of hydrogen-bond acceptors (Lipinski definition) is 3. The van der Waals surface area contributed by atoms with Gasteiger partial charge < -0.3 is 10.8 Å². The van der Waals surface area contributed by atoms with Gasteiger partial charge in [-0.15, -0.1) is 12.4 Å². The van der Waals surface area contributed by atoms with E-state index in [-0.39, 0.29) is 25.4 Å². The Morgan fingerprint density at radius 3 is 2.38 bits per heavy atom. The highest BCUT2D eigenvalue weighted by molar-refractivity contribution is 5.85. The van der Waals surface area contributed by atoms with E-state index in [2.05, 4.69) is 0 Å². The Labute approximate surface area is 54.5 Å². The minimum Gasteiger partial charge on any atom is -0.391 e. The molecule has 0 aromatic heterocycles. The monoisotopic (exact) mass is 136 g/mol. The van der Waals surface area contributed by atoms with Crippen molar-refractivity contribution in [2.24, 2.45) is 5.73 Å². The Balaban J connectivity index is 0. The van der Waals surface area contributed by atoms with Crippen LogP contribution in [0.5, 0.6) is 0 Å². The number of nitrogens with zero attached hydrogens (tertiary/aromatic N) is 1. The van der Waals surface area contributed by atoms with Gasteiger partial charge in [-0.25, -0.2) is 0 Å². The van der Waals surface area contributed by atoms with E-state index >= 15 is 0 Å². The van der Waals surface area contributed by atoms with Crippen LogP contribution in [0.2, 0.25) is 0 Å². The van der Waals surface area contributed by atoms with Gasteiger partial charge in [-0.1, -0.05) is 0 Å². The first-order valence-electron chi connectivity index (χ1n) is 2.06. The average molecular weight is 137 g/mol. The van der Waals surface area contributed by atoms with Crippen LogP contribution in [0.3, 0.4) is 0 Å². The molecule has 4 heteroatoms. The van der Waals surface area contributed by atoms with Crippen molar-refractivity contribution in [1.82, 2.24) is 0 Å². The molecule has 48 valence electrons. The largest absolute Gasteiger partial charge is 0.391 e. The second-order valence-corrected chi connectivity index (χ2v) is 1.25. The van der Waals surface area contributed by atoms with Crippen molar-refractivity contribution in [3.63, 3.8) is 0 Å². The second-order valence-electron chi connectivity index (χ2n) is 1.25. The molecule has 0 aliphatic rings. The lowest BCUT2D eigenvalue weighted by molar-refractivity contribution is 0.188. The summed E-state index contributed by atoms with van der Waals surface area (Å²) < 4.78 is 0. The van der Waals surface area contributed by atoms with Crippen molar-refractivity contribution in [1.29, 1.82) is 5.26 Å². The Morgan fingerprint density at radius 1 is 1.75 bits per heavy atom. The van der Waals surface area contributed by atoms with Crippen LogP contribution in [0, 0.1) is 11.3 Å². The van der Waals surface area contributed by atoms with Crippen LogP contribution in [0.1, 0.15) is 6.42 Å². The number of aliphatic hydroxyl groups excluding tert-OH is 1. The smallest absolute Gasteiger partial charge is 0.0792 e. The Hall–Kier alpha value is -0.300. The molecule has 0 aliphatic heterocycles. The van der Waals surface area contributed by atoms with Crippen molar-refractivity contribution < 1.29 is 5.11 Å². The highest BCUT2D eigenvalue weighted by Gasteiger charge is 1.95. The molecular formula is C4H9ClN2O. The maximum atomic E-state index is 8.51. The molecule has 0 bridgehead atoms. The van der Waals surface area contributed by atoms with Crippen LogP contribution >= 0.6 is 12.4 Å². The van der Waals surface area contributed by atoms with Crippen molar-refractivity contribution >= 4 is 12.4 Å². The first-order chi connectivity index (χ1) is 3.31. The summed E-state index contributed by atoms with van der Waals surface area (Å²) in [5.74, 6) is 0. The third-order valence-electron chi connectivity index (χ3n) is 0.599. The molecule has 0 heterocycles. The molecule has 1 unspecified atom stereocenters. The van der Waals surface area contributed by atoms with E-state index in [9.17, 15) is 0 Å². The fraction of sp³-hybridized carbons (Fsp3) is 0.750. The first kappa shape index (κ1) is 10.6. The fourth-order valence-corrected chi connectivity index (χ4v) is 0.189. The SMILES string of the molecule is Cl.N#CCC(O)CN. The highest BCUT2D eigenvalue weighted by Crippen LogP contribution is 1.82. The number of nitriles is 1. The molecule has 0 amide bonds. The minimum absolute atomic E-state index is 0. The van der Waals surface area contributed by atoms with Crippen LogP contribution in [-0.4, -0.2) is 17.8 Å². The number of hydrogen-bond donors (Lipinski definition) is 2. The first-order valence-corrected chi connectivity index (χ1v) is 2.06. The van der Waals surface area contributed by atoms with E-state index in [1.54, 1.807) is 6.07 Å². The van der Waals surface area contributed by atoms with E-state index < -0.39 is 6.10 Å². The molecule has 0 rings (SSSR count). The molecule has 0 aromatic carbocycles. The molecule has 0 spiro atoms. The van der Waals surface area contributed by atoms with Gasteiger partial charge in [-0.05, 0) is 0 Å². The van der Waals surface area contributed by atoms with E-state index in [1.807, 2.05) is 0 Å². The molecule has 0 aliphatic carbocycles. The van der Waals surface area contributed by atoms with Gasteiger partial charge >= 0.3 is 0 Å². The summed E-state index contributed by atoms with van der Waals surface area (Å²) in [5.41, 5.74) is 4.96. The molecule has 0 aromatic rings.